The summed E-state index contributed by atoms with van der Waals surface area (Å²) in [7, 11) is 0. The molecule has 0 aliphatic heterocycles. The Kier molecular flexibility index (Phi) is 2.75. The Hall–Kier alpha value is -3.00. The lowest BCUT2D eigenvalue weighted by Crippen LogP contribution is -2.00. The molecular formula is C14H9N5. The van der Waals surface area contributed by atoms with Gasteiger partial charge in [-0.2, -0.15) is 5.26 Å². The lowest BCUT2D eigenvalue weighted by atomic mass is 10.1. The van der Waals surface area contributed by atoms with Gasteiger partial charge in [0.05, 0.1) is 5.69 Å². The number of H-pyrrole nitrogens is 1. The molecule has 0 unspecified atom stereocenters. The molecule has 0 spiro atoms. The molecule has 0 fully saturated rings. The summed E-state index contributed by atoms with van der Waals surface area (Å²) in [5.41, 5.74) is 2.34. The van der Waals surface area contributed by atoms with Crippen molar-refractivity contribution in [2.24, 2.45) is 0 Å². The van der Waals surface area contributed by atoms with Gasteiger partial charge in [-0.3, -0.25) is 0 Å². The van der Waals surface area contributed by atoms with E-state index in [2.05, 4.69) is 26.2 Å². The third-order valence-electron chi connectivity index (χ3n) is 2.68. The van der Waals surface area contributed by atoms with Gasteiger partial charge in [0, 0.05) is 11.8 Å². The molecular weight excluding hydrogens is 238 g/mol. The maximum absolute atomic E-state index is 9.21. The summed E-state index contributed by atoms with van der Waals surface area (Å²) in [6.07, 6.45) is 1.77. The summed E-state index contributed by atoms with van der Waals surface area (Å²) in [5, 5.41) is 17.4. The van der Waals surface area contributed by atoms with Gasteiger partial charge in [0.2, 0.25) is 0 Å². The molecule has 19 heavy (non-hydrogen) atoms. The molecule has 90 valence electrons. The number of hydrogen-bond donors (Lipinski definition) is 1. The van der Waals surface area contributed by atoms with E-state index in [4.69, 9.17) is 0 Å². The normalized spacial score (nSPS) is 10.1. The van der Waals surface area contributed by atoms with E-state index in [-0.39, 0.29) is 5.69 Å². The van der Waals surface area contributed by atoms with E-state index in [0.717, 1.165) is 11.3 Å². The number of rotatable bonds is 2. The van der Waals surface area contributed by atoms with Crippen LogP contribution in [0.4, 0.5) is 0 Å². The quantitative estimate of drug-likeness (QED) is 0.754. The summed E-state index contributed by atoms with van der Waals surface area (Å²) in [6, 6.07) is 15.2. The minimum absolute atomic E-state index is 0.269. The molecule has 1 N–H and O–H groups in total. The minimum atomic E-state index is 0.269. The Bertz CT molecular complexity index is 726. The van der Waals surface area contributed by atoms with Crippen LogP contribution in [-0.2, 0) is 0 Å². The second-order valence-electron chi connectivity index (χ2n) is 3.89. The van der Waals surface area contributed by atoms with Crippen molar-refractivity contribution in [1.29, 1.82) is 5.26 Å². The molecule has 3 rings (SSSR count). The summed E-state index contributed by atoms with van der Waals surface area (Å²) < 4.78 is 0. The smallest absolute Gasteiger partial charge is 0.199 e. The Labute approximate surface area is 109 Å². The molecule has 0 bridgehead atoms. The molecule has 2 heterocycles. The highest BCUT2D eigenvalue weighted by Gasteiger charge is 2.12. The number of benzene rings is 1. The van der Waals surface area contributed by atoms with E-state index in [1.165, 1.54) is 0 Å². The van der Waals surface area contributed by atoms with Crippen LogP contribution >= 0.6 is 0 Å². The molecule has 0 aliphatic rings. The van der Waals surface area contributed by atoms with Crippen molar-refractivity contribution in [2.45, 2.75) is 0 Å². The minimum Gasteiger partial charge on any atom is -0.359 e. The van der Waals surface area contributed by atoms with Gasteiger partial charge in [0.1, 0.15) is 11.8 Å². The van der Waals surface area contributed by atoms with Crippen LogP contribution < -0.4 is 0 Å². The summed E-state index contributed by atoms with van der Waals surface area (Å²) >= 11 is 0. The number of aromatic amines is 1. The molecule has 5 nitrogen and oxygen atoms in total. The maximum atomic E-state index is 9.21. The zero-order valence-corrected chi connectivity index (χ0v) is 9.91. The molecule has 0 saturated carbocycles. The first kappa shape index (κ1) is 11.1. The third kappa shape index (κ3) is 2.07. The van der Waals surface area contributed by atoms with E-state index in [0.29, 0.717) is 11.5 Å². The van der Waals surface area contributed by atoms with Crippen LogP contribution in [0.15, 0.2) is 48.7 Å². The van der Waals surface area contributed by atoms with E-state index in [1.807, 2.05) is 42.5 Å². The summed E-state index contributed by atoms with van der Waals surface area (Å²) in [6.45, 7) is 0. The zero-order valence-electron chi connectivity index (χ0n) is 9.91. The second-order valence-corrected chi connectivity index (χ2v) is 3.89. The van der Waals surface area contributed by atoms with Gasteiger partial charge >= 0.3 is 0 Å². The number of aromatic nitrogens is 4. The lowest BCUT2D eigenvalue weighted by molar-refractivity contribution is 0.969. The van der Waals surface area contributed by atoms with Crippen LogP contribution in [0.1, 0.15) is 5.69 Å². The number of nitriles is 1. The highest BCUT2D eigenvalue weighted by atomic mass is 15.2. The van der Waals surface area contributed by atoms with Crippen LogP contribution in [0, 0.1) is 11.3 Å². The van der Waals surface area contributed by atoms with Crippen molar-refractivity contribution in [1.82, 2.24) is 20.2 Å². The highest BCUT2D eigenvalue weighted by molar-refractivity contribution is 5.65. The molecule has 5 heteroatoms. The van der Waals surface area contributed by atoms with Crippen LogP contribution in [0.3, 0.4) is 0 Å². The monoisotopic (exact) mass is 247 g/mol. The van der Waals surface area contributed by atoms with Gasteiger partial charge in [-0.1, -0.05) is 30.3 Å². The van der Waals surface area contributed by atoms with Crippen LogP contribution in [-0.4, -0.2) is 20.2 Å². The van der Waals surface area contributed by atoms with Gasteiger partial charge in [0.25, 0.3) is 0 Å². The predicted octanol–water partition coefficient (Wildman–Crippen LogP) is 2.41. The fraction of sp³-hybridized carbons (Fsp3) is 0. The van der Waals surface area contributed by atoms with Gasteiger partial charge in [-0.15, -0.1) is 10.2 Å². The second kappa shape index (κ2) is 4.70. The number of hydrogen-bond acceptors (Lipinski definition) is 4. The standard InChI is InChI=1S/C14H9N5/c15-9-12-13(10-5-2-1-3-6-10)18-19-14(17-12)11-7-4-8-16-11/h1-8,16H. The average molecular weight is 247 g/mol. The Morgan fingerprint density at radius 3 is 2.53 bits per heavy atom. The van der Waals surface area contributed by atoms with E-state index in [9.17, 15) is 5.26 Å². The Morgan fingerprint density at radius 2 is 1.84 bits per heavy atom. The number of nitrogens with one attached hydrogen (secondary N) is 1. The fourth-order valence-corrected chi connectivity index (χ4v) is 1.78. The first-order valence-electron chi connectivity index (χ1n) is 5.72. The maximum Gasteiger partial charge on any atom is 0.199 e. The van der Waals surface area contributed by atoms with Gasteiger partial charge in [0.15, 0.2) is 11.5 Å². The molecule has 0 atom stereocenters. The Morgan fingerprint density at radius 1 is 1.00 bits per heavy atom. The van der Waals surface area contributed by atoms with Crippen LogP contribution in [0.25, 0.3) is 22.8 Å². The van der Waals surface area contributed by atoms with Gasteiger partial charge in [-0.05, 0) is 12.1 Å². The molecule has 1 aromatic carbocycles. The first-order chi connectivity index (χ1) is 9.38. The van der Waals surface area contributed by atoms with Gasteiger partial charge in [-0.25, -0.2) is 4.98 Å². The average Bonchev–Trinajstić information content (AvgIpc) is 3.02. The van der Waals surface area contributed by atoms with Crippen molar-refractivity contribution in [3.05, 3.63) is 54.4 Å². The van der Waals surface area contributed by atoms with Crippen LogP contribution in [0.2, 0.25) is 0 Å². The molecule has 0 amide bonds. The highest BCUT2D eigenvalue weighted by Crippen LogP contribution is 2.20. The van der Waals surface area contributed by atoms with Crippen molar-refractivity contribution in [3.63, 3.8) is 0 Å². The lowest BCUT2D eigenvalue weighted by Gasteiger charge is -2.03. The topological polar surface area (TPSA) is 78.2 Å². The van der Waals surface area contributed by atoms with E-state index in [1.54, 1.807) is 6.20 Å². The van der Waals surface area contributed by atoms with E-state index >= 15 is 0 Å². The van der Waals surface area contributed by atoms with Crippen molar-refractivity contribution in [2.75, 3.05) is 0 Å². The molecule has 0 aliphatic carbocycles. The molecule has 2 aromatic heterocycles. The Balaban J connectivity index is 2.12. The number of nitrogens with zero attached hydrogens (tertiary/aromatic N) is 4. The SMILES string of the molecule is N#Cc1nc(-c2ccc[nH]2)nnc1-c1ccccc1. The van der Waals surface area contributed by atoms with Gasteiger partial charge < -0.3 is 4.98 Å². The van der Waals surface area contributed by atoms with Crippen LogP contribution in [0.5, 0.6) is 0 Å². The first-order valence-corrected chi connectivity index (χ1v) is 5.72. The zero-order chi connectivity index (χ0) is 13.1. The van der Waals surface area contributed by atoms with Crippen molar-refractivity contribution in [3.8, 4) is 28.8 Å². The fourth-order valence-electron chi connectivity index (χ4n) is 1.78. The molecule has 0 radical (unpaired) electrons. The van der Waals surface area contributed by atoms with Crippen molar-refractivity contribution >= 4 is 0 Å². The van der Waals surface area contributed by atoms with E-state index < -0.39 is 0 Å². The molecule has 3 aromatic rings. The van der Waals surface area contributed by atoms with Crippen molar-refractivity contribution < 1.29 is 0 Å². The molecule has 0 saturated heterocycles. The summed E-state index contributed by atoms with van der Waals surface area (Å²) in [4.78, 5) is 7.23. The predicted molar refractivity (Wildman–Crippen MR) is 69.8 cm³/mol. The summed E-state index contributed by atoms with van der Waals surface area (Å²) in [5.74, 6) is 0.418. The largest absolute Gasteiger partial charge is 0.359 e. The third-order valence-corrected chi connectivity index (χ3v) is 2.68.